The van der Waals surface area contributed by atoms with Gasteiger partial charge in [-0.3, -0.25) is 0 Å². The predicted octanol–water partition coefficient (Wildman–Crippen LogP) is 7.57. The molecule has 2 aromatic carbocycles. The second-order valence-electron chi connectivity index (χ2n) is 11.1. The third-order valence-electron chi connectivity index (χ3n) is 5.71. The second-order valence-corrected chi connectivity index (χ2v) is 13.1. The van der Waals surface area contributed by atoms with Gasteiger partial charge in [-0.2, -0.15) is 0 Å². The van der Waals surface area contributed by atoms with Crippen LogP contribution in [0, 0.1) is 5.82 Å². The van der Waals surface area contributed by atoms with Crippen molar-refractivity contribution in [2.75, 3.05) is 36.0 Å². The van der Waals surface area contributed by atoms with Crippen molar-refractivity contribution >= 4 is 56.9 Å². The Labute approximate surface area is 230 Å². The maximum absolute atomic E-state index is 15.8. The molecule has 0 radical (unpaired) electrons. The van der Waals surface area contributed by atoms with Crippen LogP contribution in [0.15, 0.2) is 44.6 Å². The molecular formula is C27H33BrFN3O4S. The van der Waals surface area contributed by atoms with Gasteiger partial charge in [0.1, 0.15) is 16.9 Å². The number of ether oxygens (including phenoxy) is 2. The first kappa shape index (κ1) is 27.6. The molecule has 1 fully saturated rings. The molecule has 37 heavy (non-hydrogen) atoms. The molecule has 0 aliphatic carbocycles. The van der Waals surface area contributed by atoms with Crippen molar-refractivity contribution < 1.29 is 23.5 Å². The number of carbonyl (C=O) groups excluding carboxylic acids is 2. The zero-order valence-corrected chi connectivity index (χ0v) is 24.5. The molecule has 4 rings (SSSR count). The molecule has 2 amide bonds. The molecule has 0 aromatic heterocycles. The van der Waals surface area contributed by atoms with Gasteiger partial charge in [0, 0.05) is 46.1 Å². The monoisotopic (exact) mass is 593 g/mol. The number of nitrogens with zero attached hydrogens (tertiary/aromatic N) is 3. The number of carbonyl (C=O) groups is 2. The van der Waals surface area contributed by atoms with Crippen LogP contribution in [0.5, 0.6) is 0 Å². The Hall–Kier alpha value is -2.46. The highest BCUT2D eigenvalue weighted by Gasteiger charge is 2.35. The molecule has 2 aliphatic heterocycles. The van der Waals surface area contributed by atoms with Gasteiger partial charge in [-0.15, -0.1) is 0 Å². The summed E-state index contributed by atoms with van der Waals surface area (Å²) in [4.78, 5) is 32.4. The molecule has 0 unspecified atom stereocenters. The standard InChI is InChI=1S/C27H33BrFN3O4S/c1-26(2,3)35-24(33)31-11-7-10-30(12-13-31)18-15-19(29)23-22(16-18)37-21-14-17(28)8-9-20(21)32(23)25(34)36-27(4,5)6/h8-9,14-16H,7,10-13H2,1-6H3. The number of fused-ring (bicyclic) bond motifs is 2. The van der Waals surface area contributed by atoms with Crippen LogP contribution < -0.4 is 9.80 Å². The summed E-state index contributed by atoms with van der Waals surface area (Å²) in [6, 6.07) is 8.89. The predicted molar refractivity (Wildman–Crippen MR) is 148 cm³/mol. The van der Waals surface area contributed by atoms with E-state index in [2.05, 4.69) is 20.8 Å². The number of rotatable bonds is 1. The summed E-state index contributed by atoms with van der Waals surface area (Å²) in [5.41, 5.74) is 0.164. The molecule has 2 aromatic rings. The van der Waals surface area contributed by atoms with Gasteiger partial charge in [0.05, 0.1) is 5.69 Å². The Kier molecular flexibility index (Phi) is 7.72. The maximum atomic E-state index is 15.8. The minimum Gasteiger partial charge on any atom is -0.444 e. The van der Waals surface area contributed by atoms with Crippen molar-refractivity contribution in [3.8, 4) is 0 Å². The third kappa shape index (κ3) is 6.52. The van der Waals surface area contributed by atoms with E-state index in [1.54, 1.807) is 31.7 Å². The number of hydrogen-bond acceptors (Lipinski definition) is 6. The quantitative estimate of drug-likeness (QED) is 0.340. The minimum atomic E-state index is -0.736. The molecule has 0 spiro atoms. The number of anilines is 3. The SMILES string of the molecule is CC(C)(C)OC(=O)N1CCCN(c2cc(F)c3c(c2)Sc2cc(Br)ccc2N3C(=O)OC(C)(C)C)CC1. The first-order valence-electron chi connectivity index (χ1n) is 12.3. The van der Waals surface area contributed by atoms with Crippen molar-refractivity contribution in [1.82, 2.24) is 4.90 Å². The zero-order valence-electron chi connectivity index (χ0n) is 22.1. The van der Waals surface area contributed by atoms with Crippen LogP contribution in [0.1, 0.15) is 48.0 Å². The van der Waals surface area contributed by atoms with E-state index in [0.29, 0.717) is 42.4 Å². The van der Waals surface area contributed by atoms with Gasteiger partial charge in [-0.1, -0.05) is 27.7 Å². The lowest BCUT2D eigenvalue weighted by atomic mass is 10.2. The molecule has 2 heterocycles. The minimum absolute atomic E-state index is 0.183. The molecule has 0 N–H and O–H groups in total. The zero-order chi connectivity index (χ0) is 27.1. The number of benzene rings is 2. The van der Waals surface area contributed by atoms with Gasteiger partial charge in [0.15, 0.2) is 5.82 Å². The molecule has 0 saturated carbocycles. The average molecular weight is 595 g/mol. The van der Waals surface area contributed by atoms with Gasteiger partial charge in [-0.25, -0.2) is 18.9 Å². The fourth-order valence-electron chi connectivity index (χ4n) is 4.21. The van der Waals surface area contributed by atoms with Crippen molar-refractivity contribution in [3.05, 3.63) is 40.6 Å². The number of amides is 2. The highest BCUT2D eigenvalue weighted by molar-refractivity contribution is 9.10. The molecule has 10 heteroatoms. The van der Waals surface area contributed by atoms with Crippen LogP contribution in [0.3, 0.4) is 0 Å². The first-order valence-corrected chi connectivity index (χ1v) is 13.9. The maximum Gasteiger partial charge on any atom is 0.419 e. The van der Waals surface area contributed by atoms with E-state index in [1.807, 2.05) is 39.0 Å². The summed E-state index contributed by atoms with van der Waals surface area (Å²) in [5.74, 6) is -0.507. The highest BCUT2D eigenvalue weighted by atomic mass is 79.9. The summed E-state index contributed by atoms with van der Waals surface area (Å²) >= 11 is 4.91. The largest absolute Gasteiger partial charge is 0.444 e. The Bertz CT molecular complexity index is 1210. The highest BCUT2D eigenvalue weighted by Crippen LogP contribution is 2.51. The van der Waals surface area contributed by atoms with Crippen LogP contribution in [-0.4, -0.2) is 54.5 Å². The molecule has 1 saturated heterocycles. The summed E-state index contributed by atoms with van der Waals surface area (Å²) in [7, 11) is 0. The van der Waals surface area contributed by atoms with E-state index in [0.717, 1.165) is 15.8 Å². The molecule has 200 valence electrons. The topological polar surface area (TPSA) is 62.3 Å². The fourth-order valence-corrected chi connectivity index (χ4v) is 5.88. The second kappa shape index (κ2) is 10.4. The summed E-state index contributed by atoms with van der Waals surface area (Å²) in [6.45, 7) is 13.1. The van der Waals surface area contributed by atoms with Gasteiger partial charge in [0.25, 0.3) is 0 Å². The first-order chi connectivity index (χ1) is 17.2. The van der Waals surface area contributed by atoms with Crippen molar-refractivity contribution in [2.24, 2.45) is 0 Å². The van der Waals surface area contributed by atoms with E-state index in [9.17, 15) is 9.59 Å². The number of hydrogen-bond donors (Lipinski definition) is 0. The van der Waals surface area contributed by atoms with Crippen molar-refractivity contribution in [2.45, 2.75) is 69.0 Å². The van der Waals surface area contributed by atoms with E-state index in [-0.39, 0.29) is 11.8 Å². The van der Waals surface area contributed by atoms with Crippen LogP contribution in [0.25, 0.3) is 0 Å². The van der Waals surface area contributed by atoms with Crippen molar-refractivity contribution in [1.29, 1.82) is 0 Å². The third-order valence-corrected chi connectivity index (χ3v) is 7.28. The lowest BCUT2D eigenvalue weighted by Gasteiger charge is -2.34. The molecule has 2 aliphatic rings. The molecular weight excluding hydrogens is 561 g/mol. The normalized spacial score (nSPS) is 16.1. The van der Waals surface area contributed by atoms with Crippen LogP contribution in [0.4, 0.5) is 31.0 Å². The van der Waals surface area contributed by atoms with Gasteiger partial charge >= 0.3 is 12.2 Å². The van der Waals surface area contributed by atoms with Crippen LogP contribution in [0.2, 0.25) is 0 Å². The summed E-state index contributed by atoms with van der Waals surface area (Å²) in [5, 5.41) is 0. The smallest absolute Gasteiger partial charge is 0.419 e. The van der Waals surface area contributed by atoms with E-state index in [1.165, 1.54) is 22.7 Å². The lowest BCUT2D eigenvalue weighted by molar-refractivity contribution is 0.0263. The summed E-state index contributed by atoms with van der Waals surface area (Å²) < 4.78 is 27.8. The number of halogens is 2. The molecule has 7 nitrogen and oxygen atoms in total. The van der Waals surface area contributed by atoms with E-state index >= 15 is 4.39 Å². The Morgan fingerprint density at radius 2 is 1.57 bits per heavy atom. The van der Waals surface area contributed by atoms with Crippen molar-refractivity contribution in [3.63, 3.8) is 0 Å². The van der Waals surface area contributed by atoms with E-state index < -0.39 is 23.1 Å². The average Bonchev–Trinajstić information content (AvgIpc) is 3.01. The van der Waals surface area contributed by atoms with Gasteiger partial charge in [0.2, 0.25) is 0 Å². The van der Waals surface area contributed by atoms with Gasteiger partial charge in [-0.05, 0) is 78.3 Å². The Morgan fingerprint density at radius 3 is 2.24 bits per heavy atom. The van der Waals surface area contributed by atoms with Crippen LogP contribution in [-0.2, 0) is 9.47 Å². The van der Waals surface area contributed by atoms with Gasteiger partial charge < -0.3 is 19.3 Å². The van der Waals surface area contributed by atoms with Crippen LogP contribution >= 0.6 is 27.7 Å². The fraction of sp³-hybridized carbons (Fsp3) is 0.481. The lowest BCUT2D eigenvalue weighted by Crippen LogP contribution is -2.39. The Morgan fingerprint density at radius 1 is 0.892 bits per heavy atom. The molecule has 0 atom stereocenters. The summed E-state index contributed by atoms with van der Waals surface area (Å²) in [6.07, 6.45) is -0.242. The Balaban J connectivity index is 1.64. The van der Waals surface area contributed by atoms with E-state index in [4.69, 9.17) is 9.47 Å². The molecule has 0 bridgehead atoms.